The molecule has 2 aromatic rings. The van der Waals surface area contributed by atoms with E-state index < -0.39 is 0 Å². The van der Waals surface area contributed by atoms with Crippen molar-refractivity contribution in [1.29, 1.82) is 0 Å². The van der Waals surface area contributed by atoms with Crippen LogP contribution in [0.15, 0.2) is 34.1 Å². The average Bonchev–Trinajstić information content (AvgIpc) is 2.42. The summed E-state index contributed by atoms with van der Waals surface area (Å²) < 4.78 is 2.92. The van der Waals surface area contributed by atoms with Crippen molar-refractivity contribution in [2.24, 2.45) is 0 Å². The van der Waals surface area contributed by atoms with Gasteiger partial charge in [-0.05, 0) is 12.1 Å². The number of nitrogens with two attached hydrogens (primary N) is 2. The minimum absolute atomic E-state index is 0.208. The van der Waals surface area contributed by atoms with Crippen molar-refractivity contribution in [3.63, 3.8) is 0 Å². The van der Waals surface area contributed by atoms with Crippen LogP contribution in [-0.2, 0) is 13.1 Å². The lowest BCUT2D eigenvalue weighted by molar-refractivity contribution is 0.536. The summed E-state index contributed by atoms with van der Waals surface area (Å²) in [5.74, 6) is 0.416. The van der Waals surface area contributed by atoms with Crippen molar-refractivity contribution < 1.29 is 0 Å². The second kappa shape index (κ2) is 6.66. The van der Waals surface area contributed by atoms with Crippen molar-refractivity contribution in [3.8, 4) is 0 Å². The van der Waals surface area contributed by atoms with E-state index in [0.717, 1.165) is 0 Å². The van der Waals surface area contributed by atoms with Gasteiger partial charge in [0.15, 0.2) is 0 Å². The van der Waals surface area contributed by atoms with Gasteiger partial charge in [-0.15, -0.1) is 0 Å². The lowest BCUT2D eigenvalue weighted by Crippen LogP contribution is -2.32. The third kappa shape index (κ3) is 4.14. The Morgan fingerprint density at radius 2 is 1.33 bits per heavy atom. The molecule has 9 nitrogen and oxygen atoms in total. The molecule has 0 aromatic carbocycles. The highest BCUT2D eigenvalue weighted by Crippen LogP contribution is 1.90. The van der Waals surface area contributed by atoms with Crippen LogP contribution in [0.25, 0.3) is 0 Å². The predicted molar refractivity (Wildman–Crippen MR) is 78.7 cm³/mol. The molecule has 2 aromatic heterocycles. The van der Waals surface area contributed by atoms with Crippen LogP contribution in [0.4, 0.5) is 11.6 Å². The minimum atomic E-state index is -0.379. The SMILES string of the molecule is Nc1ccn(CCNCCn2ccc(N)nc2=O)c(=O)n1. The standard InChI is InChI=1S/C12H17N7O2/c13-9-1-5-18(11(20)16-9)7-3-15-4-8-19-6-2-10(14)17-12(19)21/h1-2,5-6,15H,3-4,7-8H2,(H2,13,16,20)(H2,14,17,21). The van der Waals surface area contributed by atoms with Gasteiger partial charge in [0.2, 0.25) is 0 Å². The molecule has 0 unspecified atom stereocenters. The Morgan fingerprint density at radius 1 is 0.905 bits per heavy atom. The second-order valence-corrected chi connectivity index (χ2v) is 4.41. The molecule has 5 N–H and O–H groups in total. The topological polar surface area (TPSA) is 134 Å². The summed E-state index contributed by atoms with van der Waals surface area (Å²) in [4.78, 5) is 30.2. The van der Waals surface area contributed by atoms with Gasteiger partial charge in [-0.3, -0.25) is 9.13 Å². The summed E-state index contributed by atoms with van der Waals surface area (Å²) in [7, 11) is 0. The van der Waals surface area contributed by atoms with Gasteiger partial charge >= 0.3 is 11.4 Å². The van der Waals surface area contributed by atoms with Gasteiger partial charge in [0.05, 0.1) is 0 Å². The second-order valence-electron chi connectivity index (χ2n) is 4.41. The van der Waals surface area contributed by atoms with Gasteiger partial charge in [0, 0.05) is 38.6 Å². The Morgan fingerprint density at radius 3 is 1.71 bits per heavy atom. The normalized spacial score (nSPS) is 10.7. The highest BCUT2D eigenvalue weighted by molar-refractivity contribution is 5.23. The van der Waals surface area contributed by atoms with Crippen molar-refractivity contribution in [3.05, 3.63) is 45.5 Å². The van der Waals surface area contributed by atoms with Gasteiger partial charge < -0.3 is 16.8 Å². The van der Waals surface area contributed by atoms with Gasteiger partial charge in [-0.25, -0.2) is 9.59 Å². The maximum Gasteiger partial charge on any atom is 0.349 e. The van der Waals surface area contributed by atoms with E-state index in [1.54, 1.807) is 24.5 Å². The van der Waals surface area contributed by atoms with Gasteiger partial charge in [-0.2, -0.15) is 9.97 Å². The highest BCUT2D eigenvalue weighted by atomic mass is 16.1. The first-order chi connectivity index (χ1) is 10.1. The summed E-state index contributed by atoms with van der Waals surface area (Å²) in [6, 6.07) is 3.14. The van der Waals surface area contributed by atoms with Crippen LogP contribution in [0.2, 0.25) is 0 Å². The summed E-state index contributed by atoms with van der Waals surface area (Å²) >= 11 is 0. The number of rotatable bonds is 6. The molecule has 21 heavy (non-hydrogen) atoms. The Kier molecular flexibility index (Phi) is 4.67. The Balaban J connectivity index is 1.77. The molecular weight excluding hydrogens is 274 g/mol. The number of aromatic nitrogens is 4. The first kappa shape index (κ1) is 14.7. The van der Waals surface area contributed by atoms with E-state index in [2.05, 4.69) is 15.3 Å². The van der Waals surface area contributed by atoms with Crippen molar-refractivity contribution >= 4 is 11.6 Å². The molecule has 0 bridgehead atoms. The molecule has 0 aliphatic rings. The lowest BCUT2D eigenvalue weighted by atomic mass is 10.5. The fourth-order valence-electron chi connectivity index (χ4n) is 1.75. The highest BCUT2D eigenvalue weighted by Gasteiger charge is 1.99. The third-order valence-electron chi connectivity index (χ3n) is 2.85. The zero-order valence-electron chi connectivity index (χ0n) is 11.4. The third-order valence-corrected chi connectivity index (χ3v) is 2.85. The van der Waals surface area contributed by atoms with E-state index in [1.807, 2.05) is 0 Å². The molecule has 0 aliphatic heterocycles. The molecule has 0 aliphatic carbocycles. The summed E-state index contributed by atoms with van der Waals surface area (Å²) in [6.45, 7) is 2.09. The van der Waals surface area contributed by atoms with E-state index in [4.69, 9.17) is 11.5 Å². The Bertz CT molecular complexity index is 661. The van der Waals surface area contributed by atoms with E-state index in [-0.39, 0.29) is 23.0 Å². The van der Waals surface area contributed by atoms with Crippen molar-refractivity contribution in [2.75, 3.05) is 24.6 Å². The molecule has 2 heterocycles. The van der Waals surface area contributed by atoms with Crippen LogP contribution in [0.5, 0.6) is 0 Å². The van der Waals surface area contributed by atoms with Crippen LogP contribution in [0.1, 0.15) is 0 Å². The number of nitrogens with one attached hydrogen (secondary N) is 1. The number of hydrogen-bond donors (Lipinski definition) is 3. The molecular formula is C12H17N7O2. The first-order valence-corrected chi connectivity index (χ1v) is 6.43. The van der Waals surface area contributed by atoms with E-state index in [9.17, 15) is 9.59 Å². The molecule has 9 heteroatoms. The van der Waals surface area contributed by atoms with E-state index in [1.165, 1.54) is 9.13 Å². The van der Waals surface area contributed by atoms with Crippen LogP contribution in [0.3, 0.4) is 0 Å². The van der Waals surface area contributed by atoms with Crippen LogP contribution in [0, 0.1) is 0 Å². The maximum atomic E-state index is 11.5. The van der Waals surface area contributed by atoms with Gasteiger partial charge in [-0.1, -0.05) is 0 Å². The molecule has 0 amide bonds. The summed E-state index contributed by atoms with van der Waals surface area (Å²) in [5, 5.41) is 3.13. The van der Waals surface area contributed by atoms with Crippen LogP contribution < -0.4 is 28.2 Å². The molecule has 0 atom stereocenters. The summed E-state index contributed by atoms with van der Waals surface area (Å²) in [5.41, 5.74) is 10.1. The largest absolute Gasteiger partial charge is 0.383 e. The fourth-order valence-corrected chi connectivity index (χ4v) is 1.75. The van der Waals surface area contributed by atoms with Crippen molar-refractivity contribution in [2.45, 2.75) is 13.1 Å². The van der Waals surface area contributed by atoms with Crippen LogP contribution >= 0.6 is 0 Å². The average molecular weight is 291 g/mol. The number of hydrogen-bond acceptors (Lipinski definition) is 7. The van der Waals surface area contributed by atoms with Gasteiger partial charge in [0.1, 0.15) is 11.6 Å². The number of nitrogens with zero attached hydrogens (tertiary/aromatic N) is 4. The zero-order valence-corrected chi connectivity index (χ0v) is 11.4. The minimum Gasteiger partial charge on any atom is -0.383 e. The Labute approximate surface area is 120 Å². The number of nitrogen functional groups attached to an aromatic ring is 2. The Hall–Kier alpha value is -2.68. The first-order valence-electron chi connectivity index (χ1n) is 6.43. The molecule has 0 radical (unpaired) electrons. The lowest BCUT2D eigenvalue weighted by Gasteiger charge is -2.08. The number of anilines is 2. The van der Waals surface area contributed by atoms with E-state index in [0.29, 0.717) is 26.2 Å². The molecule has 0 saturated heterocycles. The zero-order chi connectivity index (χ0) is 15.2. The van der Waals surface area contributed by atoms with Crippen molar-refractivity contribution in [1.82, 2.24) is 24.4 Å². The molecule has 112 valence electrons. The maximum absolute atomic E-state index is 11.5. The van der Waals surface area contributed by atoms with E-state index >= 15 is 0 Å². The molecule has 0 fully saturated rings. The summed E-state index contributed by atoms with van der Waals surface area (Å²) in [6.07, 6.45) is 3.20. The van der Waals surface area contributed by atoms with Crippen LogP contribution in [-0.4, -0.2) is 32.2 Å². The fraction of sp³-hybridized carbons (Fsp3) is 0.333. The quantitative estimate of drug-likeness (QED) is 0.537. The molecule has 0 spiro atoms. The smallest absolute Gasteiger partial charge is 0.349 e. The molecule has 0 saturated carbocycles. The predicted octanol–water partition coefficient (Wildman–Crippen LogP) is -1.75. The monoisotopic (exact) mass is 291 g/mol. The van der Waals surface area contributed by atoms with Gasteiger partial charge in [0.25, 0.3) is 0 Å². The molecule has 2 rings (SSSR count).